The zero-order chi connectivity index (χ0) is 10.8. The fourth-order valence-corrected chi connectivity index (χ4v) is 1.22. The minimum absolute atomic E-state index is 0.350. The molecule has 1 aromatic rings. The number of pyridine rings is 1. The molecule has 0 radical (unpaired) electrons. The van der Waals surface area contributed by atoms with Crippen molar-refractivity contribution >= 4 is 11.8 Å². The molecule has 0 saturated carbocycles. The Hall–Kier alpha value is -0.850. The first kappa shape index (κ1) is 11.2. The molecule has 0 bridgehead atoms. The van der Waals surface area contributed by atoms with Crippen LogP contribution < -0.4 is 0 Å². The molecule has 0 fully saturated rings. The van der Waals surface area contributed by atoms with Gasteiger partial charge in [-0.05, 0) is 23.9 Å². The van der Waals surface area contributed by atoms with E-state index in [0.717, 1.165) is 12.1 Å². The van der Waals surface area contributed by atoms with Crippen LogP contribution in [0.15, 0.2) is 23.4 Å². The van der Waals surface area contributed by atoms with Crippen molar-refractivity contribution in [2.45, 2.75) is 16.7 Å². The Kier molecular flexibility index (Phi) is 3.30. The summed E-state index contributed by atoms with van der Waals surface area (Å²) in [5, 5.41) is -4.55. The van der Waals surface area contributed by atoms with Crippen LogP contribution in [0.3, 0.4) is 0 Å². The van der Waals surface area contributed by atoms with E-state index in [2.05, 4.69) is 4.98 Å². The first-order chi connectivity index (χ1) is 6.42. The highest BCUT2D eigenvalue weighted by Crippen LogP contribution is 2.39. The van der Waals surface area contributed by atoms with Crippen LogP contribution in [0.4, 0.5) is 22.0 Å². The summed E-state index contributed by atoms with van der Waals surface area (Å²) in [6, 6.07) is 1.78. The first-order valence-corrected chi connectivity index (χ1v) is 4.20. The summed E-state index contributed by atoms with van der Waals surface area (Å²) < 4.78 is 60.5. The first-order valence-electron chi connectivity index (χ1n) is 3.38. The molecule has 1 aromatic heterocycles. The Labute approximate surface area is 80.3 Å². The van der Waals surface area contributed by atoms with Gasteiger partial charge in [0, 0.05) is 0 Å². The third-order valence-corrected chi connectivity index (χ3v) is 2.10. The largest absolute Gasteiger partial charge is 0.359 e. The summed E-state index contributed by atoms with van der Waals surface area (Å²) in [7, 11) is 0. The highest BCUT2D eigenvalue weighted by Gasteiger charge is 2.42. The molecule has 0 unspecified atom stereocenters. The Morgan fingerprint density at radius 2 is 1.93 bits per heavy atom. The van der Waals surface area contributed by atoms with Crippen LogP contribution >= 0.6 is 11.8 Å². The van der Waals surface area contributed by atoms with Crippen molar-refractivity contribution in [2.75, 3.05) is 0 Å². The van der Waals surface area contributed by atoms with Gasteiger partial charge in [-0.25, -0.2) is 18.2 Å². The van der Waals surface area contributed by atoms with Crippen molar-refractivity contribution in [3.8, 4) is 0 Å². The minimum atomic E-state index is -4.20. The number of halogens is 5. The summed E-state index contributed by atoms with van der Waals surface area (Å²) in [6.07, 6.45) is -3.09. The summed E-state index contributed by atoms with van der Waals surface area (Å²) >= 11 is -0.398. The molecule has 0 spiro atoms. The number of hydrogen-bond donors (Lipinski definition) is 0. The van der Waals surface area contributed by atoms with E-state index in [1.807, 2.05) is 0 Å². The Bertz CT molecular complexity index is 299. The molecule has 0 aliphatic carbocycles. The van der Waals surface area contributed by atoms with Gasteiger partial charge in [0.05, 0.1) is 6.20 Å². The van der Waals surface area contributed by atoms with Gasteiger partial charge >= 0.3 is 11.7 Å². The summed E-state index contributed by atoms with van der Waals surface area (Å²) in [4.78, 5) is 3.22. The molecule has 0 aliphatic heterocycles. The van der Waals surface area contributed by atoms with E-state index >= 15 is 0 Å². The second-order valence-corrected chi connectivity index (χ2v) is 3.45. The smallest absolute Gasteiger partial charge is 0.247 e. The quantitative estimate of drug-likeness (QED) is 0.583. The number of aromatic nitrogens is 1. The van der Waals surface area contributed by atoms with Crippen LogP contribution in [0.1, 0.15) is 0 Å². The van der Waals surface area contributed by atoms with E-state index in [-0.39, 0.29) is 5.03 Å². The molecule has 0 aromatic carbocycles. The fourth-order valence-electron chi connectivity index (χ4n) is 0.607. The van der Waals surface area contributed by atoms with Gasteiger partial charge in [-0.15, -0.1) is 0 Å². The van der Waals surface area contributed by atoms with E-state index in [1.54, 1.807) is 0 Å². The van der Waals surface area contributed by atoms with Gasteiger partial charge in [0.1, 0.15) is 10.8 Å². The van der Waals surface area contributed by atoms with Gasteiger partial charge in [0.15, 0.2) is 0 Å². The molecule has 0 N–H and O–H groups in total. The van der Waals surface area contributed by atoms with Crippen LogP contribution in [-0.4, -0.2) is 16.7 Å². The van der Waals surface area contributed by atoms with Crippen LogP contribution in [0, 0.1) is 5.82 Å². The van der Waals surface area contributed by atoms with Crippen molar-refractivity contribution in [1.82, 2.24) is 4.98 Å². The van der Waals surface area contributed by atoms with E-state index in [0.29, 0.717) is 6.20 Å². The third-order valence-electron chi connectivity index (χ3n) is 1.19. The van der Waals surface area contributed by atoms with Crippen molar-refractivity contribution < 1.29 is 22.0 Å². The average molecular weight is 229 g/mol. The summed E-state index contributed by atoms with van der Waals surface area (Å²) in [5.41, 5.74) is 0. The van der Waals surface area contributed by atoms with Gasteiger partial charge in [0.25, 0.3) is 0 Å². The predicted octanol–water partition coefficient (Wildman–Crippen LogP) is 3.17. The molecule has 1 nitrogen and oxygen atoms in total. The average Bonchev–Trinajstić information content (AvgIpc) is 2.08. The lowest BCUT2D eigenvalue weighted by molar-refractivity contribution is -0.0564. The normalized spacial score (nSPS) is 12.1. The van der Waals surface area contributed by atoms with Crippen molar-refractivity contribution in [3.63, 3.8) is 0 Å². The van der Waals surface area contributed by atoms with E-state index in [9.17, 15) is 22.0 Å². The van der Waals surface area contributed by atoms with Gasteiger partial charge in [-0.3, -0.25) is 0 Å². The fraction of sp³-hybridized carbons (Fsp3) is 0.286. The Morgan fingerprint density at radius 3 is 2.36 bits per heavy atom. The molecular weight excluding hydrogens is 225 g/mol. The monoisotopic (exact) mass is 229 g/mol. The van der Waals surface area contributed by atoms with E-state index in [1.165, 1.54) is 0 Å². The highest BCUT2D eigenvalue weighted by molar-refractivity contribution is 8.00. The maximum Gasteiger partial charge on any atom is 0.359 e. The zero-order valence-corrected chi connectivity index (χ0v) is 7.37. The van der Waals surface area contributed by atoms with Crippen molar-refractivity contribution in [3.05, 3.63) is 24.1 Å². The van der Waals surface area contributed by atoms with Crippen molar-refractivity contribution in [2.24, 2.45) is 0 Å². The lowest BCUT2D eigenvalue weighted by Crippen LogP contribution is -2.21. The zero-order valence-electron chi connectivity index (χ0n) is 6.55. The predicted molar refractivity (Wildman–Crippen MR) is 41.0 cm³/mol. The molecule has 0 saturated heterocycles. The number of nitrogens with zero attached hydrogens (tertiary/aromatic N) is 1. The third kappa shape index (κ3) is 2.83. The molecule has 7 heteroatoms. The van der Waals surface area contributed by atoms with Gasteiger partial charge in [-0.2, -0.15) is 8.78 Å². The molecule has 0 atom stereocenters. The Morgan fingerprint density at radius 1 is 1.29 bits per heavy atom. The molecule has 14 heavy (non-hydrogen) atoms. The van der Waals surface area contributed by atoms with Gasteiger partial charge < -0.3 is 0 Å². The van der Waals surface area contributed by atoms with Gasteiger partial charge in [0.2, 0.25) is 0 Å². The molecule has 78 valence electrons. The molecule has 1 rings (SSSR count). The summed E-state index contributed by atoms with van der Waals surface area (Å²) in [5.74, 6) is -0.713. The SMILES string of the molecule is Fc1ccc(SC(F)(F)C(F)F)nc1. The van der Waals surface area contributed by atoms with Crippen LogP contribution in [0.25, 0.3) is 0 Å². The molecular formula is C7H4F5NS. The topological polar surface area (TPSA) is 12.9 Å². The number of thioether (sulfide) groups is 1. The Balaban J connectivity index is 2.74. The van der Waals surface area contributed by atoms with Gasteiger partial charge in [-0.1, -0.05) is 0 Å². The number of alkyl halides is 4. The lowest BCUT2D eigenvalue weighted by Gasteiger charge is -2.13. The van der Waals surface area contributed by atoms with E-state index in [4.69, 9.17) is 0 Å². The number of hydrogen-bond acceptors (Lipinski definition) is 2. The molecule has 1 heterocycles. The lowest BCUT2D eigenvalue weighted by atomic mass is 10.5. The van der Waals surface area contributed by atoms with Crippen LogP contribution in [0.2, 0.25) is 0 Å². The van der Waals surface area contributed by atoms with Crippen LogP contribution in [0.5, 0.6) is 0 Å². The second-order valence-electron chi connectivity index (χ2n) is 2.28. The van der Waals surface area contributed by atoms with E-state index < -0.39 is 29.3 Å². The highest BCUT2D eigenvalue weighted by atomic mass is 32.2. The number of rotatable bonds is 3. The maximum atomic E-state index is 12.4. The molecule has 0 aliphatic rings. The standard InChI is InChI=1S/C7H4F5NS/c8-4-1-2-5(13-3-4)14-7(11,12)6(9)10/h1-3,6H. The van der Waals surface area contributed by atoms with Crippen LogP contribution in [-0.2, 0) is 0 Å². The van der Waals surface area contributed by atoms with Crippen molar-refractivity contribution in [1.29, 1.82) is 0 Å². The molecule has 0 amide bonds. The second kappa shape index (κ2) is 4.12. The minimum Gasteiger partial charge on any atom is -0.247 e. The maximum absolute atomic E-state index is 12.4. The summed E-state index contributed by atoms with van der Waals surface area (Å²) in [6.45, 7) is 0.